The number of anilines is 2. The lowest BCUT2D eigenvalue weighted by molar-refractivity contribution is 0.535. The molecule has 0 bridgehead atoms. The molecule has 2 aliphatic rings. The highest BCUT2D eigenvalue weighted by atomic mass is 15.2. The Morgan fingerprint density at radius 1 is 1.00 bits per heavy atom. The molecule has 1 fully saturated rings. The third kappa shape index (κ3) is 3.33. The van der Waals surface area contributed by atoms with Crippen molar-refractivity contribution in [1.29, 1.82) is 0 Å². The van der Waals surface area contributed by atoms with Gasteiger partial charge in [0.25, 0.3) is 0 Å². The highest BCUT2D eigenvalue weighted by molar-refractivity contribution is 6.06. The largest absolute Gasteiger partial charge is 0.321 e. The third-order valence-corrected chi connectivity index (χ3v) is 6.34. The molecule has 1 aliphatic heterocycles. The van der Waals surface area contributed by atoms with Gasteiger partial charge in [0.1, 0.15) is 5.65 Å². The van der Waals surface area contributed by atoms with E-state index in [1.54, 1.807) is 0 Å². The van der Waals surface area contributed by atoms with Gasteiger partial charge in [0.05, 0.1) is 23.4 Å². The van der Waals surface area contributed by atoms with Crippen molar-refractivity contribution < 1.29 is 0 Å². The van der Waals surface area contributed by atoms with Crippen LogP contribution in [0.25, 0.3) is 21.9 Å². The molecular formula is C23H24N8. The van der Waals surface area contributed by atoms with Crippen molar-refractivity contribution in [3.8, 4) is 0 Å². The molecule has 4 aromatic heterocycles. The number of fused-ring (bicyclic) bond motifs is 3. The Bertz CT molecular complexity index is 1250. The summed E-state index contributed by atoms with van der Waals surface area (Å²) >= 11 is 0. The molecule has 1 saturated carbocycles. The quantitative estimate of drug-likeness (QED) is 0.485. The molecule has 5 heterocycles. The highest BCUT2D eigenvalue weighted by Crippen LogP contribution is 2.37. The lowest BCUT2D eigenvalue weighted by atomic mass is 10.1. The smallest absolute Gasteiger partial charge is 0.230 e. The summed E-state index contributed by atoms with van der Waals surface area (Å²) in [4.78, 5) is 13.8. The molecular weight excluding hydrogens is 388 g/mol. The van der Waals surface area contributed by atoms with Crippen LogP contribution in [0.4, 0.5) is 11.8 Å². The Labute approximate surface area is 179 Å². The standard InChI is InChI=1S/C23H24N8/c1-2-6-15(5-1)31-20-14-24-12-10-16(20)17-13-26-23(28-22(17)31)27-21-9-8-19(29-30-21)18-7-3-4-11-25-18/h3-4,8-10,12-15,18,25H,1-2,5-7,11H2,(H,26,27,28,30). The fraction of sp³-hybridized carbons (Fsp3) is 0.348. The SMILES string of the molecule is C1=CCC(c2ccc(Nc3ncc4c5ccncc5n(C5CCCC5)c4n3)nn2)NC1. The van der Waals surface area contributed by atoms with Crippen molar-refractivity contribution >= 4 is 33.7 Å². The predicted octanol–water partition coefficient (Wildman–Crippen LogP) is 4.22. The topological polar surface area (TPSA) is 93.4 Å². The first-order chi connectivity index (χ1) is 15.4. The van der Waals surface area contributed by atoms with Crippen LogP contribution in [0, 0.1) is 0 Å². The number of rotatable bonds is 4. The lowest BCUT2D eigenvalue weighted by Gasteiger charge is -2.18. The number of aromatic nitrogens is 6. The first-order valence-electron chi connectivity index (χ1n) is 11.0. The molecule has 31 heavy (non-hydrogen) atoms. The van der Waals surface area contributed by atoms with Crippen molar-refractivity contribution in [2.24, 2.45) is 0 Å². The summed E-state index contributed by atoms with van der Waals surface area (Å²) in [6, 6.07) is 6.68. The minimum Gasteiger partial charge on any atom is -0.321 e. The van der Waals surface area contributed by atoms with Gasteiger partial charge < -0.3 is 15.2 Å². The highest BCUT2D eigenvalue weighted by Gasteiger charge is 2.23. The molecule has 0 aromatic carbocycles. The van der Waals surface area contributed by atoms with Gasteiger partial charge in [-0.1, -0.05) is 25.0 Å². The molecule has 0 saturated heterocycles. The van der Waals surface area contributed by atoms with E-state index in [1.807, 2.05) is 30.7 Å². The molecule has 1 aliphatic carbocycles. The average molecular weight is 413 g/mol. The van der Waals surface area contributed by atoms with E-state index in [4.69, 9.17) is 4.98 Å². The Morgan fingerprint density at radius 2 is 1.94 bits per heavy atom. The fourth-order valence-corrected chi connectivity index (χ4v) is 4.80. The summed E-state index contributed by atoms with van der Waals surface area (Å²) in [7, 11) is 0. The number of nitrogens with one attached hydrogen (secondary N) is 2. The van der Waals surface area contributed by atoms with Crippen LogP contribution in [0.1, 0.15) is 49.9 Å². The lowest BCUT2D eigenvalue weighted by Crippen LogP contribution is -2.24. The van der Waals surface area contributed by atoms with Gasteiger partial charge in [-0.25, -0.2) is 4.98 Å². The number of hydrogen-bond acceptors (Lipinski definition) is 7. The molecule has 4 aromatic rings. The third-order valence-electron chi connectivity index (χ3n) is 6.34. The Kier molecular flexibility index (Phi) is 4.57. The van der Waals surface area contributed by atoms with Gasteiger partial charge in [0.2, 0.25) is 5.95 Å². The van der Waals surface area contributed by atoms with Gasteiger partial charge in [-0.15, -0.1) is 5.10 Å². The van der Waals surface area contributed by atoms with Crippen LogP contribution >= 0.6 is 0 Å². The van der Waals surface area contributed by atoms with Crippen molar-refractivity contribution in [3.63, 3.8) is 0 Å². The van der Waals surface area contributed by atoms with Crippen molar-refractivity contribution in [3.05, 3.63) is 54.6 Å². The molecule has 6 rings (SSSR count). The maximum absolute atomic E-state index is 4.89. The van der Waals surface area contributed by atoms with Crippen LogP contribution in [0.2, 0.25) is 0 Å². The second kappa shape index (κ2) is 7.70. The Hall–Kier alpha value is -3.39. The molecule has 156 valence electrons. The first kappa shape index (κ1) is 18.4. The normalized spacial score (nSPS) is 19.4. The molecule has 8 nitrogen and oxygen atoms in total. The van der Waals surface area contributed by atoms with E-state index in [1.165, 1.54) is 25.7 Å². The second-order valence-corrected chi connectivity index (χ2v) is 8.27. The van der Waals surface area contributed by atoms with Crippen molar-refractivity contribution in [2.45, 2.75) is 44.2 Å². The van der Waals surface area contributed by atoms with E-state index in [0.717, 1.165) is 40.6 Å². The van der Waals surface area contributed by atoms with Gasteiger partial charge >= 0.3 is 0 Å². The number of hydrogen-bond donors (Lipinski definition) is 2. The first-order valence-corrected chi connectivity index (χ1v) is 11.0. The van der Waals surface area contributed by atoms with Crippen molar-refractivity contribution in [1.82, 2.24) is 35.0 Å². The summed E-state index contributed by atoms with van der Waals surface area (Å²) < 4.78 is 2.36. The summed E-state index contributed by atoms with van der Waals surface area (Å²) in [5.41, 5.74) is 3.03. The summed E-state index contributed by atoms with van der Waals surface area (Å²) in [6.45, 7) is 0.866. The number of pyridine rings is 1. The van der Waals surface area contributed by atoms with Gasteiger partial charge in [0.15, 0.2) is 5.82 Å². The Balaban J connectivity index is 1.34. The van der Waals surface area contributed by atoms with Crippen LogP contribution in [-0.2, 0) is 0 Å². The molecule has 0 radical (unpaired) electrons. The minimum atomic E-state index is 0.217. The summed E-state index contributed by atoms with van der Waals surface area (Å²) in [6.07, 6.45) is 15.8. The molecule has 8 heteroatoms. The molecule has 2 N–H and O–H groups in total. The molecule has 1 atom stereocenters. The van der Waals surface area contributed by atoms with E-state index < -0.39 is 0 Å². The molecule has 0 amide bonds. The van der Waals surface area contributed by atoms with Crippen LogP contribution in [0.15, 0.2) is 48.9 Å². The van der Waals surface area contributed by atoms with Gasteiger partial charge in [0, 0.05) is 35.8 Å². The van der Waals surface area contributed by atoms with Crippen LogP contribution in [-0.4, -0.2) is 36.3 Å². The maximum atomic E-state index is 4.89. The molecule has 1 unspecified atom stereocenters. The summed E-state index contributed by atoms with van der Waals surface area (Å²) in [5, 5.41) is 17.6. The average Bonchev–Trinajstić information content (AvgIpc) is 3.46. The van der Waals surface area contributed by atoms with E-state index in [9.17, 15) is 0 Å². The predicted molar refractivity (Wildman–Crippen MR) is 120 cm³/mol. The van der Waals surface area contributed by atoms with E-state index in [0.29, 0.717) is 17.8 Å². The Morgan fingerprint density at radius 3 is 2.74 bits per heavy atom. The zero-order valence-corrected chi connectivity index (χ0v) is 17.2. The van der Waals surface area contributed by atoms with Crippen molar-refractivity contribution in [2.75, 3.05) is 11.9 Å². The van der Waals surface area contributed by atoms with Gasteiger partial charge in [-0.2, -0.15) is 10.1 Å². The van der Waals surface area contributed by atoms with E-state index in [-0.39, 0.29) is 6.04 Å². The van der Waals surface area contributed by atoms with E-state index >= 15 is 0 Å². The minimum absolute atomic E-state index is 0.217. The summed E-state index contributed by atoms with van der Waals surface area (Å²) in [5.74, 6) is 1.17. The fourth-order valence-electron chi connectivity index (χ4n) is 4.80. The number of nitrogens with zero attached hydrogens (tertiary/aromatic N) is 6. The van der Waals surface area contributed by atoms with Gasteiger partial charge in [-0.3, -0.25) is 4.98 Å². The monoisotopic (exact) mass is 412 g/mol. The van der Waals surface area contributed by atoms with E-state index in [2.05, 4.69) is 53.6 Å². The second-order valence-electron chi connectivity index (χ2n) is 8.27. The van der Waals surface area contributed by atoms with Crippen LogP contribution < -0.4 is 10.6 Å². The van der Waals surface area contributed by atoms with Crippen LogP contribution in [0.3, 0.4) is 0 Å². The van der Waals surface area contributed by atoms with Crippen LogP contribution in [0.5, 0.6) is 0 Å². The zero-order chi connectivity index (χ0) is 20.6. The maximum Gasteiger partial charge on any atom is 0.230 e. The van der Waals surface area contributed by atoms with Gasteiger partial charge in [-0.05, 0) is 37.5 Å². The molecule has 0 spiro atoms. The zero-order valence-electron chi connectivity index (χ0n) is 17.2.